The molecule has 0 aliphatic heterocycles. The van der Waals surface area contributed by atoms with Crippen molar-refractivity contribution >= 4 is 94.4 Å². The van der Waals surface area contributed by atoms with E-state index < -0.39 is 0 Å². The molecule has 0 aliphatic rings. The Labute approximate surface area is 178 Å². The molecule has 4 heavy (non-hydrogen) atoms. The van der Waals surface area contributed by atoms with Crippen molar-refractivity contribution in [1.82, 2.24) is 0 Å². The van der Waals surface area contributed by atoms with Crippen molar-refractivity contribution in [3.63, 3.8) is 0 Å². The Balaban J connectivity index is 0. The second-order valence-electron chi connectivity index (χ2n) is 0. The molecule has 0 radical (unpaired) electrons. The van der Waals surface area contributed by atoms with E-state index in [1.54, 1.807) is 0 Å². The largest absolute Gasteiger partial charge is 2.00 e. The molecule has 0 nitrogen and oxygen atoms in total. The van der Waals surface area contributed by atoms with Crippen LogP contribution in [0.2, 0.25) is 0 Å². The molecule has 0 saturated carbocycles. The molecule has 0 amide bonds. The van der Waals surface area contributed by atoms with Crippen molar-refractivity contribution in [2.24, 2.45) is 0 Å². The zero-order chi connectivity index (χ0) is 0. The molecule has 0 unspecified atom stereocenters. The van der Waals surface area contributed by atoms with Crippen LogP contribution in [0.1, 0.15) is 8.56 Å². The second kappa shape index (κ2) is 15.9. The maximum absolute atomic E-state index is 0. The summed E-state index contributed by atoms with van der Waals surface area (Å²) in [7, 11) is 0. The van der Waals surface area contributed by atoms with Crippen LogP contribution in [-0.4, -0.2) is 94.4 Å². The summed E-state index contributed by atoms with van der Waals surface area (Å²) in [4.78, 5) is 0. The molecule has 0 rings (SSSR count). The average molecular weight is 293 g/mol. The van der Waals surface area contributed by atoms with Gasteiger partial charge in [0.2, 0.25) is 0 Å². The zero-order valence-electron chi connectivity index (χ0n) is 9.41. The molecule has 0 N–H and O–H groups in total. The molecule has 0 fully saturated rings. The van der Waals surface area contributed by atoms with Crippen LogP contribution in [0.3, 0.4) is 0 Å². The Kier molecular flexibility index (Phi) is 89.7. The van der Waals surface area contributed by atoms with Crippen molar-refractivity contribution < 1.29 is 89.5 Å². The van der Waals surface area contributed by atoms with E-state index in [0.717, 1.165) is 0 Å². The fraction of sp³-hybridized carbons (Fsp3) is 0. The molecule has 0 aromatic heterocycles. The predicted molar refractivity (Wildman–Crippen MR) is 18.2 cm³/mol. The SMILES string of the molecule is [Ba+2].[H-].[H-].[H-].[H-].[H-].[H-].[K+].[Na+].[Sr+2]. The van der Waals surface area contributed by atoms with Gasteiger partial charge in [0.15, 0.2) is 0 Å². The first-order valence-electron chi connectivity index (χ1n) is 0. The molecule has 0 saturated heterocycles. The van der Waals surface area contributed by atoms with Gasteiger partial charge in [-0.15, -0.1) is 0 Å². The van der Waals surface area contributed by atoms with E-state index in [0.29, 0.717) is 0 Å². The molecule has 0 atom stereocenters. The van der Waals surface area contributed by atoms with Crippen molar-refractivity contribution in [2.45, 2.75) is 0 Å². The Morgan fingerprint density at radius 2 is 1.25 bits per heavy atom. The minimum atomic E-state index is 0. The second-order valence-corrected chi connectivity index (χ2v) is 0. The van der Waals surface area contributed by atoms with E-state index in [9.17, 15) is 0 Å². The van der Waals surface area contributed by atoms with Crippen LogP contribution in [0.25, 0.3) is 0 Å². The summed E-state index contributed by atoms with van der Waals surface area (Å²) in [6.45, 7) is 0. The number of rotatable bonds is 0. The van der Waals surface area contributed by atoms with Gasteiger partial charge in [-0.1, -0.05) is 0 Å². The first-order valence-corrected chi connectivity index (χ1v) is 0. The third kappa shape index (κ3) is 10.6. The monoisotopic (exact) mass is 294 g/mol. The Hall–Kier alpha value is 5.69. The topological polar surface area (TPSA) is 0 Å². The van der Waals surface area contributed by atoms with Crippen LogP contribution < -0.4 is 80.9 Å². The first kappa shape index (κ1) is 22.6. The quantitative estimate of drug-likeness (QED) is 0.390. The molecular weight excluding hydrogens is 287 g/mol. The van der Waals surface area contributed by atoms with Crippen molar-refractivity contribution in [1.29, 1.82) is 0 Å². The van der Waals surface area contributed by atoms with Gasteiger partial charge >= 0.3 is 175 Å². The minimum absolute atomic E-state index is 0. The molecular formula is H6BaKNaSr. The van der Waals surface area contributed by atoms with Gasteiger partial charge in [-0.05, 0) is 0 Å². The van der Waals surface area contributed by atoms with Crippen molar-refractivity contribution in [3.05, 3.63) is 0 Å². The van der Waals surface area contributed by atoms with Crippen LogP contribution >= 0.6 is 0 Å². The van der Waals surface area contributed by atoms with Gasteiger partial charge in [0.1, 0.15) is 0 Å². The third-order valence-corrected chi connectivity index (χ3v) is 0. The van der Waals surface area contributed by atoms with Crippen molar-refractivity contribution in [3.8, 4) is 0 Å². The predicted octanol–water partition coefficient (Wildman–Crippen LogP) is -6.08. The molecule has 0 heterocycles. The van der Waals surface area contributed by atoms with E-state index in [2.05, 4.69) is 0 Å². The van der Waals surface area contributed by atoms with Crippen LogP contribution in [0, 0.1) is 0 Å². The summed E-state index contributed by atoms with van der Waals surface area (Å²) in [6.07, 6.45) is 0. The number of hydrogen-bond acceptors (Lipinski definition) is 0. The van der Waals surface area contributed by atoms with E-state index in [-0.39, 0.29) is 184 Å². The molecule has 0 aromatic rings. The van der Waals surface area contributed by atoms with E-state index in [4.69, 9.17) is 0 Å². The summed E-state index contributed by atoms with van der Waals surface area (Å²) >= 11 is 0. The van der Waals surface area contributed by atoms with Crippen LogP contribution in [0.4, 0.5) is 0 Å². The summed E-state index contributed by atoms with van der Waals surface area (Å²) in [5.74, 6) is 0. The molecule has 0 aliphatic carbocycles. The molecule has 4 heteroatoms. The van der Waals surface area contributed by atoms with E-state index >= 15 is 0 Å². The van der Waals surface area contributed by atoms with Gasteiger partial charge in [0.05, 0.1) is 0 Å². The fourth-order valence-electron chi connectivity index (χ4n) is 0. The Morgan fingerprint density at radius 3 is 1.25 bits per heavy atom. The zero-order valence-corrected chi connectivity index (χ0v) is 16.5. The van der Waals surface area contributed by atoms with Crippen molar-refractivity contribution in [2.75, 3.05) is 0 Å². The van der Waals surface area contributed by atoms with Crippen LogP contribution in [0.15, 0.2) is 0 Å². The summed E-state index contributed by atoms with van der Waals surface area (Å²) in [5, 5.41) is 0. The Morgan fingerprint density at radius 1 is 1.25 bits per heavy atom. The maximum Gasteiger partial charge on any atom is 2.00 e. The van der Waals surface area contributed by atoms with E-state index in [1.165, 1.54) is 0 Å². The fourth-order valence-corrected chi connectivity index (χ4v) is 0. The van der Waals surface area contributed by atoms with Gasteiger partial charge in [0.25, 0.3) is 0 Å². The normalized spacial score (nSPS) is 0. The molecule has 0 spiro atoms. The van der Waals surface area contributed by atoms with Gasteiger partial charge in [-0.25, -0.2) is 0 Å². The molecule has 0 bridgehead atoms. The summed E-state index contributed by atoms with van der Waals surface area (Å²) in [6, 6.07) is 0. The van der Waals surface area contributed by atoms with Crippen LogP contribution in [0.5, 0.6) is 0 Å². The van der Waals surface area contributed by atoms with Gasteiger partial charge in [-0.3, -0.25) is 0 Å². The number of hydrogen-bond donors (Lipinski definition) is 0. The first-order chi connectivity index (χ1) is 0. The Bertz CT molecular complexity index is 17.7. The van der Waals surface area contributed by atoms with E-state index in [1.807, 2.05) is 0 Å². The standard InChI is InChI=1S/Ba.K.Na.Sr.6H/q+2;2*+1;+2;6*-1. The van der Waals surface area contributed by atoms with Gasteiger partial charge in [0, 0.05) is 0 Å². The smallest absolute Gasteiger partial charge is 1.00 e. The van der Waals surface area contributed by atoms with Crippen LogP contribution in [-0.2, 0) is 0 Å². The third-order valence-electron chi connectivity index (χ3n) is 0. The summed E-state index contributed by atoms with van der Waals surface area (Å²) < 4.78 is 0. The summed E-state index contributed by atoms with van der Waals surface area (Å²) in [5.41, 5.74) is 0. The average Bonchev–Trinajstić information content (AvgIpc) is 0. The molecule has 0 aromatic carbocycles. The maximum atomic E-state index is 0. The van der Waals surface area contributed by atoms with Gasteiger partial charge in [-0.2, -0.15) is 0 Å². The minimum Gasteiger partial charge on any atom is -1.00 e. The molecule has 12 valence electrons. The van der Waals surface area contributed by atoms with Gasteiger partial charge < -0.3 is 8.56 Å².